The molecule has 4 aliphatic heterocycles. The number of nitrogens with zero attached hydrogens (tertiary/aromatic N) is 2. The molecule has 0 fully saturated rings. The van der Waals surface area contributed by atoms with Gasteiger partial charge in [0.05, 0.1) is 60.6 Å². The minimum absolute atomic E-state index is 0.00398. The number of hydrogen-bond donors (Lipinski definition) is 7. The van der Waals surface area contributed by atoms with Crippen LogP contribution in [0.4, 0.5) is 0 Å². The van der Waals surface area contributed by atoms with Gasteiger partial charge >= 0.3 is 5.97 Å². The Morgan fingerprint density at radius 2 is 0.704 bits per heavy atom. The van der Waals surface area contributed by atoms with Crippen LogP contribution in [-0.2, 0) is 38.4 Å². The van der Waals surface area contributed by atoms with Crippen molar-refractivity contribution in [1.82, 2.24) is 35.7 Å². The van der Waals surface area contributed by atoms with Crippen LogP contribution in [-0.4, -0.2) is 124 Å². The molecule has 0 unspecified atom stereocenters. The summed E-state index contributed by atoms with van der Waals surface area (Å²) in [5, 5.41) is 24.2. The summed E-state index contributed by atoms with van der Waals surface area (Å²) < 4.78 is 45.7. The van der Waals surface area contributed by atoms with Gasteiger partial charge in [-0.05, 0) is 160 Å². The normalized spacial score (nSPS) is 13.5. The Hall–Kier alpha value is -15.4. The fraction of sp³-hybridized carbons (Fsp3) is 0.351. The number of carbonyl (C=O) groups excluding carboxylic acids is 11. The van der Waals surface area contributed by atoms with E-state index in [4.69, 9.17) is 43.6 Å². The Bertz CT molecular complexity index is 6050. The molecule has 0 aliphatic carbocycles. The number of hydrogen-bond acceptors (Lipinski definition) is 23. The van der Waals surface area contributed by atoms with Crippen molar-refractivity contribution in [3.05, 3.63) is 319 Å². The van der Waals surface area contributed by atoms with E-state index in [2.05, 4.69) is 33.5 Å². The van der Waals surface area contributed by atoms with Gasteiger partial charge in [0.15, 0.2) is 69.1 Å². The van der Waals surface area contributed by atoms with E-state index in [-0.39, 0.29) is 117 Å². The number of nitrogens with one attached hydrogen (secondary N) is 5. The highest BCUT2D eigenvalue weighted by atomic mass is 16.7. The van der Waals surface area contributed by atoms with Gasteiger partial charge in [-0.1, -0.05) is 252 Å². The number of rotatable bonds is 43. The monoisotopic (exact) mass is 1940 g/mol. The first-order chi connectivity index (χ1) is 68.7. The van der Waals surface area contributed by atoms with Crippen LogP contribution in [0.15, 0.2) is 253 Å². The first-order valence-electron chi connectivity index (χ1n) is 48.1. The lowest BCUT2D eigenvalue weighted by Gasteiger charge is -2.24. The SMILES string of the molecule is C/C=C/C=O.CC(=O)CC(=O)c1ccccc1.CCCC[C@@H](C(=O)N[C@@H](CC(=O)O)c1ccc2c(c1)OCO2)n1cccc(C(=O)c2ccccc2)c1=O.CCCC[C@@H](C(=O)N[C@@H](CC)c1ccc2c(c1)OCO2)n1cccc(C(=O)c2ccccc2)c1=O.CCCC[C@H](N)C(=O)N[C@@H](CC)c1ccc2c(c1)OCO2.CCCC[C@H](NC(=O)CC(=O)c1ccccc1)C(=O)N[C@@H](CC)c1ccc2c(c1)OCO2. The highest BCUT2D eigenvalue weighted by Gasteiger charge is 2.33. The van der Waals surface area contributed by atoms with E-state index in [1.54, 1.807) is 153 Å². The fourth-order valence-corrected chi connectivity index (χ4v) is 15.6. The quantitative estimate of drug-likeness (QED) is 0.00807. The summed E-state index contributed by atoms with van der Waals surface area (Å²) in [6.07, 6.45) is 17.2. The number of ketones is 5. The Morgan fingerprint density at radius 3 is 1.04 bits per heavy atom. The molecule has 31 nitrogen and oxygen atoms in total. The number of nitrogens with two attached hydrogens (primary N) is 1. The van der Waals surface area contributed by atoms with Crippen LogP contribution in [0, 0.1) is 0 Å². The van der Waals surface area contributed by atoms with Crippen LogP contribution in [0.2, 0.25) is 0 Å². The van der Waals surface area contributed by atoms with Crippen molar-refractivity contribution in [3.8, 4) is 46.0 Å². The minimum atomic E-state index is -1.10. The molecule has 0 saturated heterocycles. The van der Waals surface area contributed by atoms with E-state index < -0.39 is 64.9 Å². The molecule has 750 valence electrons. The molecule has 8 aromatic carbocycles. The maximum Gasteiger partial charge on any atom is 0.305 e. The molecule has 0 spiro atoms. The zero-order valence-electron chi connectivity index (χ0n) is 81.7. The van der Waals surface area contributed by atoms with Gasteiger partial charge < -0.3 is 84.5 Å². The van der Waals surface area contributed by atoms with E-state index in [0.717, 1.165) is 92.3 Å². The van der Waals surface area contributed by atoms with Gasteiger partial charge in [0.2, 0.25) is 56.7 Å². The van der Waals surface area contributed by atoms with Crippen molar-refractivity contribution in [1.29, 1.82) is 0 Å². The number of fused-ring (bicyclic) bond motifs is 4. The third kappa shape index (κ3) is 32.9. The maximum atomic E-state index is 13.5. The third-order valence-electron chi connectivity index (χ3n) is 23.4. The molecule has 31 heteroatoms. The number of aldehydes is 1. The van der Waals surface area contributed by atoms with Gasteiger partial charge in [0, 0.05) is 34.6 Å². The van der Waals surface area contributed by atoms with Crippen molar-refractivity contribution in [2.75, 3.05) is 27.2 Å². The smallest absolute Gasteiger partial charge is 0.305 e. The van der Waals surface area contributed by atoms with Crippen LogP contribution in [0.5, 0.6) is 46.0 Å². The molecule has 5 amide bonds. The highest BCUT2D eigenvalue weighted by Crippen LogP contribution is 2.40. The van der Waals surface area contributed by atoms with Crippen molar-refractivity contribution >= 4 is 70.7 Å². The fourth-order valence-electron chi connectivity index (χ4n) is 15.6. The molecule has 10 aromatic rings. The van der Waals surface area contributed by atoms with Crippen LogP contribution in [0.1, 0.15) is 289 Å². The van der Waals surface area contributed by atoms with E-state index in [1.165, 1.54) is 40.5 Å². The lowest BCUT2D eigenvalue weighted by Crippen LogP contribution is -2.48. The molecule has 0 radical (unpaired) electrons. The second-order valence-corrected chi connectivity index (χ2v) is 33.8. The molecule has 0 bridgehead atoms. The standard InChI is InChI=1S/C28H28N2O7.C28H30N2O5.C25H30N2O5.C16H24N2O3.C10H10O2.C4H6O/c1-2-3-11-22(30-14-7-10-20(28(30)35)26(33)18-8-5-4-6-9-18)27(34)29-21(16-25(31)32)19-12-13-23-24(15-19)37-17-36-23;1-3-5-13-23(27(32)29-22(4-2)20-14-15-24-25(17-20)35-18-34-24)30-16-9-12-21(28(30)33)26(31)19-10-7-6-8-11-19;1-3-5-11-20(26-24(29)15-21(28)17-9-7-6-8-10-17)25(30)27-19(4-2)18-12-13-22-23(14-18)32-16-31-22;1-3-5-6-12(17)16(19)18-13(4-2)11-7-8-14-15(9-11)21-10-20-14;1-8(11)7-10(12)9-5-3-2-4-6-9;1-2-3-4-5/h4-10,12-15,21-22H,2-3,11,16-17H2,1H3,(H,29,34)(H,31,32);6-12,14-17,22-23H,3-5,13,18H2,1-2H3,(H,29,32);6-10,12-14,19-20H,3-5,11,15-16H2,1-2H3,(H,26,29)(H,27,30);7-9,12-13H,3-6,10,17H2,1-2H3,(H,18,19);2-6H,7H2,1H3;2-4H,1H3/b;;;;;3-2+/t21-,22-;22-,23-;19-,20-;12-,13-;;/m0000../s1. The van der Waals surface area contributed by atoms with E-state index >= 15 is 0 Å². The Kier molecular flexibility index (Phi) is 44.9. The van der Waals surface area contributed by atoms with Crippen LogP contribution >= 0.6 is 0 Å². The zero-order chi connectivity index (χ0) is 102. The number of Topliss-reactive ketones (excluding diaryl/α,β-unsaturated/α-hetero) is 3. The number of carbonyl (C=O) groups is 12. The second-order valence-electron chi connectivity index (χ2n) is 33.8. The number of allylic oxidation sites excluding steroid dienone is 2. The number of pyridine rings is 2. The van der Waals surface area contributed by atoms with Crippen LogP contribution in [0.25, 0.3) is 0 Å². The second kappa shape index (κ2) is 57.8. The molecule has 8 atom stereocenters. The topological polar surface area (TPSA) is 429 Å². The van der Waals surface area contributed by atoms with Crippen molar-refractivity contribution < 1.29 is 101 Å². The zero-order valence-corrected chi connectivity index (χ0v) is 81.7. The molecule has 4 aliphatic rings. The average Bonchev–Trinajstić information content (AvgIpc) is 1.30. The van der Waals surface area contributed by atoms with Gasteiger partial charge in [-0.25, -0.2) is 0 Å². The molecular weight excluding hydrogens is 1810 g/mol. The van der Waals surface area contributed by atoms with E-state index in [9.17, 15) is 72.2 Å². The summed E-state index contributed by atoms with van der Waals surface area (Å²) in [4.78, 5) is 173. The summed E-state index contributed by atoms with van der Waals surface area (Å²) in [5.41, 5.74) is 10.1. The Morgan fingerprint density at radius 1 is 0.380 bits per heavy atom. The molecule has 142 heavy (non-hydrogen) atoms. The number of aliphatic carboxylic acids is 1. The van der Waals surface area contributed by atoms with Crippen molar-refractivity contribution in [2.24, 2.45) is 5.73 Å². The molecule has 8 N–H and O–H groups in total. The van der Waals surface area contributed by atoms with Crippen molar-refractivity contribution in [2.45, 2.75) is 226 Å². The molecule has 2 aromatic heterocycles. The van der Waals surface area contributed by atoms with Gasteiger partial charge in [-0.15, -0.1) is 0 Å². The first kappa shape index (κ1) is 110. The number of aromatic nitrogens is 2. The summed E-state index contributed by atoms with van der Waals surface area (Å²) in [5.74, 6) is 1.24. The predicted molar refractivity (Wildman–Crippen MR) is 536 cm³/mol. The first-order valence-corrected chi connectivity index (χ1v) is 48.1. The Balaban J connectivity index is 0.000000202. The summed E-state index contributed by atoms with van der Waals surface area (Å²) in [6.45, 7) is 18.0. The number of amides is 5. The van der Waals surface area contributed by atoms with Crippen LogP contribution in [0.3, 0.4) is 0 Å². The number of carboxylic acids is 1. The summed E-state index contributed by atoms with van der Waals surface area (Å²) >= 11 is 0. The van der Waals surface area contributed by atoms with Gasteiger partial charge in [-0.2, -0.15) is 0 Å². The predicted octanol–water partition coefficient (Wildman–Crippen LogP) is 17.7. The van der Waals surface area contributed by atoms with Crippen LogP contribution < -0.4 is 81.3 Å². The largest absolute Gasteiger partial charge is 0.481 e. The lowest BCUT2D eigenvalue weighted by molar-refractivity contribution is -0.138. The molecule has 6 heterocycles. The molecular formula is C111H128N8O23. The molecule has 0 saturated carbocycles. The average molecular weight is 1940 g/mol. The summed E-state index contributed by atoms with van der Waals surface area (Å²) in [6, 6.07) is 58.6. The number of unbranched alkanes of at least 4 members (excludes halogenated alkanes) is 4. The summed E-state index contributed by atoms with van der Waals surface area (Å²) in [7, 11) is 0. The number of benzene rings is 8. The van der Waals surface area contributed by atoms with Crippen molar-refractivity contribution in [3.63, 3.8) is 0 Å². The van der Waals surface area contributed by atoms with Gasteiger partial charge in [0.1, 0.15) is 30.2 Å². The van der Waals surface area contributed by atoms with Gasteiger partial charge in [0.25, 0.3) is 11.1 Å². The van der Waals surface area contributed by atoms with E-state index in [1.807, 2.05) is 114 Å². The molecule has 14 rings (SSSR count). The third-order valence-corrected chi connectivity index (χ3v) is 23.4. The number of carboxylic acid groups (broad SMARTS) is 1. The lowest BCUT2D eigenvalue weighted by atomic mass is 10.0. The number of ether oxygens (including phenoxy) is 8. The van der Waals surface area contributed by atoms with Gasteiger partial charge in [-0.3, -0.25) is 67.1 Å². The van der Waals surface area contributed by atoms with E-state index in [0.29, 0.717) is 101 Å². The minimum Gasteiger partial charge on any atom is -0.481 e. The maximum absolute atomic E-state index is 13.5. The Labute approximate surface area is 827 Å². The highest BCUT2D eigenvalue weighted by molar-refractivity contribution is 6.10.